The van der Waals surface area contributed by atoms with E-state index in [4.69, 9.17) is 10.5 Å². The summed E-state index contributed by atoms with van der Waals surface area (Å²) in [4.78, 5) is 8.25. The molecule has 2 rings (SSSR count). The van der Waals surface area contributed by atoms with Gasteiger partial charge in [0.2, 0.25) is 0 Å². The van der Waals surface area contributed by atoms with E-state index in [0.717, 1.165) is 59.7 Å². The second-order valence-electron chi connectivity index (χ2n) is 8.71. The summed E-state index contributed by atoms with van der Waals surface area (Å²) in [5, 5.41) is 9.78. The monoisotopic (exact) mass is 520 g/mol. The Labute approximate surface area is 230 Å². The van der Waals surface area contributed by atoms with E-state index in [1.165, 1.54) is 12.8 Å². The molecule has 7 nitrogen and oxygen atoms in total. The average molecular weight is 521 g/mol. The summed E-state index contributed by atoms with van der Waals surface area (Å²) in [7, 11) is 0. The molecule has 0 aliphatic rings. The van der Waals surface area contributed by atoms with E-state index in [0.29, 0.717) is 26.3 Å². The average Bonchev–Trinajstić information content (AvgIpc) is 2.96. The van der Waals surface area contributed by atoms with Crippen molar-refractivity contribution in [1.29, 1.82) is 0 Å². The van der Waals surface area contributed by atoms with Crippen molar-refractivity contribution < 1.29 is 4.74 Å². The van der Waals surface area contributed by atoms with Crippen LogP contribution in [0.15, 0.2) is 70.9 Å². The van der Waals surface area contributed by atoms with Crippen molar-refractivity contribution in [2.45, 2.75) is 53.2 Å². The number of hydrogen-bond acceptors (Lipinski definition) is 7. The minimum absolute atomic E-state index is 0.511. The third-order valence-corrected chi connectivity index (χ3v) is 5.49. The van der Waals surface area contributed by atoms with Crippen LogP contribution in [0, 0.1) is 0 Å². The van der Waals surface area contributed by atoms with Gasteiger partial charge in [-0.3, -0.25) is 9.98 Å². The lowest BCUT2D eigenvalue weighted by Crippen LogP contribution is -2.25. The summed E-state index contributed by atoms with van der Waals surface area (Å²) >= 11 is 0. The molecule has 38 heavy (non-hydrogen) atoms. The number of ether oxygens (including phenoxy) is 1. The van der Waals surface area contributed by atoms with Crippen LogP contribution in [0.4, 0.5) is 0 Å². The predicted octanol–water partition coefficient (Wildman–Crippen LogP) is 5.35. The molecule has 7 heteroatoms. The summed E-state index contributed by atoms with van der Waals surface area (Å²) in [6.45, 7) is 18.9. The van der Waals surface area contributed by atoms with Gasteiger partial charge in [-0.15, -0.1) is 0 Å². The Bertz CT molecular complexity index is 967. The highest BCUT2D eigenvalue weighted by molar-refractivity contribution is 5.68. The molecule has 0 fully saturated rings. The number of nitrogens with two attached hydrogens (primary N) is 1. The molecule has 208 valence electrons. The highest BCUT2D eigenvalue weighted by Crippen LogP contribution is 2.18. The van der Waals surface area contributed by atoms with Crippen LogP contribution in [0.3, 0.4) is 0 Å². The molecule has 0 saturated carbocycles. The van der Waals surface area contributed by atoms with Crippen LogP contribution >= 0.6 is 0 Å². The lowest BCUT2D eigenvalue weighted by Gasteiger charge is -2.09. The van der Waals surface area contributed by atoms with Crippen molar-refractivity contribution in [3.8, 4) is 0 Å². The first kappa shape index (κ1) is 32.8. The van der Waals surface area contributed by atoms with Crippen LogP contribution in [0.25, 0.3) is 11.4 Å². The van der Waals surface area contributed by atoms with Gasteiger partial charge in [-0.25, -0.2) is 0 Å². The van der Waals surface area contributed by atoms with Gasteiger partial charge in [0.1, 0.15) is 0 Å². The van der Waals surface area contributed by atoms with Gasteiger partial charge >= 0.3 is 0 Å². The zero-order chi connectivity index (χ0) is 27.8. The number of rotatable bonds is 18. The highest BCUT2D eigenvalue weighted by atomic mass is 16.5. The largest absolute Gasteiger partial charge is 0.388 e. The van der Waals surface area contributed by atoms with Gasteiger partial charge < -0.3 is 26.4 Å². The molecule has 0 aliphatic carbocycles. The molecule has 2 aromatic carbocycles. The SMILES string of the molecule is C=N/C(=C\NCCN)c1ccc(COCc2cccc(/C(=C/NCCNCCC)N=C)c2)cc1.CCCC. The third kappa shape index (κ3) is 13.9. The zero-order valence-corrected chi connectivity index (χ0v) is 23.6. The number of benzene rings is 2. The summed E-state index contributed by atoms with van der Waals surface area (Å²) < 4.78 is 5.95. The van der Waals surface area contributed by atoms with E-state index in [-0.39, 0.29) is 0 Å². The molecule has 0 heterocycles. The quantitative estimate of drug-likeness (QED) is 0.157. The zero-order valence-electron chi connectivity index (χ0n) is 23.6. The lowest BCUT2D eigenvalue weighted by molar-refractivity contribution is 0.107. The predicted molar refractivity (Wildman–Crippen MR) is 165 cm³/mol. The molecule has 0 unspecified atom stereocenters. The Kier molecular flexibility index (Phi) is 18.8. The fourth-order valence-corrected chi connectivity index (χ4v) is 3.20. The molecule has 5 N–H and O–H groups in total. The fourth-order valence-electron chi connectivity index (χ4n) is 3.20. The first-order valence-electron chi connectivity index (χ1n) is 13.6. The van der Waals surface area contributed by atoms with Crippen LogP contribution in [0.2, 0.25) is 0 Å². The summed E-state index contributed by atoms with van der Waals surface area (Å²) in [6, 6.07) is 16.3. The molecule has 0 aromatic heterocycles. The maximum absolute atomic E-state index is 5.95. The van der Waals surface area contributed by atoms with Crippen molar-refractivity contribution >= 4 is 24.8 Å². The van der Waals surface area contributed by atoms with Gasteiger partial charge in [0.15, 0.2) is 0 Å². The fraction of sp³-hybridized carbons (Fsp3) is 0.419. The van der Waals surface area contributed by atoms with Gasteiger partial charge in [-0.2, -0.15) is 0 Å². The van der Waals surface area contributed by atoms with Gasteiger partial charge in [-0.05, 0) is 43.6 Å². The molecule has 0 amide bonds. The van der Waals surface area contributed by atoms with Gasteiger partial charge in [0.25, 0.3) is 0 Å². The van der Waals surface area contributed by atoms with Crippen LogP contribution < -0.4 is 21.7 Å². The number of unbranched alkanes of at least 4 members (excludes halogenated alkanes) is 1. The molecule has 0 saturated heterocycles. The van der Waals surface area contributed by atoms with Crippen LogP contribution in [-0.2, 0) is 18.0 Å². The van der Waals surface area contributed by atoms with Crippen LogP contribution in [0.5, 0.6) is 0 Å². The Balaban J connectivity index is 0.00000168. The summed E-state index contributed by atoms with van der Waals surface area (Å²) in [6.07, 6.45) is 7.51. The number of hydrogen-bond donors (Lipinski definition) is 4. The second kappa shape index (κ2) is 21.8. The third-order valence-electron chi connectivity index (χ3n) is 5.49. The maximum atomic E-state index is 5.95. The van der Waals surface area contributed by atoms with Crippen molar-refractivity contribution in [3.05, 3.63) is 83.2 Å². The van der Waals surface area contributed by atoms with Gasteiger partial charge in [0, 0.05) is 49.7 Å². The second-order valence-corrected chi connectivity index (χ2v) is 8.71. The lowest BCUT2D eigenvalue weighted by atomic mass is 10.1. The Morgan fingerprint density at radius 1 is 0.763 bits per heavy atom. The standard InChI is InChI=1S/C27H38N6O.C4H10/c1-4-13-31-15-16-33-19-27(30-3)25-7-5-6-23(17-25)21-34-20-22-8-10-24(11-9-22)26(29-2)18-32-14-12-28;1-3-4-2/h5-11,17-19,31-33H,2-4,12-16,20-21,28H2,1H3;3-4H2,1-2H3/b26-18-,27-19-;. The Morgan fingerprint density at radius 2 is 1.39 bits per heavy atom. The molecule has 0 aliphatic heterocycles. The van der Waals surface area contributed by atoms with Crippen molar-refractivity contribution in [2.24, 2.45) is 15.7 Å². The molecule has 0 radical (unpaired) electrons. The smallest absolute Gasteiger partial charge is 0.0851 e. The van der Waals surface area contributed by atoms with E-state index in [1.807, 2.05) is 48.8 Å². The van der Waals surface area contributed by atoms with E-state index in [9.17, 15) is 0 Å². The van der Waals surface area contributed by atoms with Crippen LogP contribution in [0.1, 0.15) is 62.3 Å². The number of nitrogens with one attached hydrogen (secondary N) is 3. The van der Waals surface area contributed by atoms with E-state index in [2.05, 4.69) is 72.3 Å². The normalized spacial score (nSPS) is 11.4. The summed E-state index contributed by atoms with van der Waals surface area (Å²) in [5.74, 6) is 0. The Morgan fingerprint density at radius 3 is 2.00 bits per heavy atom. The van der Waals surface area contributed by atoms with Crippen molar-refractivity contribution in [1.82, 2.24) is 16.0 Å². The minimum Gasteiger partial charge on any atom is -0.388 e. The first-order valence-corrected chi connectivity index (χ1v) is 13.6. The minimum atomic E-state index is 0.511. The van der Waals surface area contributed by atoms with E-state index < -0.39 is 0 Å². The molecule has 0 atom stereocenters. The highest BCUT2D eigenvalue weighted by Gasteiger charge is 2.03. The van der Waals surface area contributed by atoms with Crippen molar-refractivity contribution in [2.75, 3.05) is 32.7 Å². The number of aliphatic imine (C=N–C) groups is 2. The topological polar surface area (TPSA) is 96.1 Å². The molecular formula is C31H48N6O. The maximum Gasteiger partial charge on any atom is 0.0851 e. The van der Waals surface area contributed by atoms with Crippen LogP contribution in [-0.4, -0.2) is 46.2 Å². The molecule has 2 aromatic rings. The van der Waals surface area contributed by atoms with E-state index >= 15 is 0 Å². The summed E-state index contributed by atoms with van der Waals surface area (Å²) in [5.41, 5.74) is 11.3. The van der Waals surface area contributed by atoms with Gasteiger partial charge in [0.05, 0.1) is 24.6 Å². The molecule has 0 spiro atoms. The first-order chi connectivity index (χ1) is 18.6. The van der Waals surface area contributed by atoms with E-state index in [1.54, 1.807) is 0 Å². The number of nitrogens with zero attached hydrogens (tertiary/aromatic N) is 2. The molecular weight excluding hydrogens is 472 g/mol. The van der Waals surface area contributed by atoms with Crippen molar-refractivity contribution in [3.63, 3.8) is 0 Å². The van der Waals surface area contributed by atoms with Gasteiger partial charge in [-0.1, -0.05) is 76.1 Å². The molecule has 0 bridgehead atoms. The Hall–Kier alpha value is -3.26.